The highest BCUT2D eigenvalue weighted by molar-refractivity contribution is 5.17. The molecule has 2 heterocycles. The van der Waals surface area contributed by atoms with E-state index in [-0.39, 0.29) is 5.54 Å². The second-order valence-electron chi connectivity index (χ2n) is 7.11. The third-order valence-electron chi connectivity index (χ3n) is 5.06. The van der Waals surface area contributed by atoms with Gasteiger partial charge in [-0.25, -0.2) is 0 Å². The summed E-state index contributed by atoms with van der Waals surface area (Å²) in [6.45, 7) is 11.5. The van der Waals surface area contributed by atoms with Gasteiger partial charge >= 0.3 is 0 Å². The molecule has 3 nitrogen and oxygen atoms in total. The van der Waals surface area contributed by atoms with E-state index in [9.17, 15) is 0 Å². The highest BCUT2D eigenvalue weighted by Crippen LogP contribution is 2.30. The summed E-state index contributed by atoms with van der Waals surface area (Å²) in [6.07, 6.45) is 11.0. The van der Waals surface area contributed by atoms with E-state index in [0.29, 0.717) is 6.04 Å². The molecular formula is C18H34N2O. The lowest BCUT2D eigenvalue weighted by Gasteiger charge is -2.45. The van der Waals surface area contributed by atoms with Crippen LogP contribution in [0.15, 0.2) is 11.8 Å². The molecule has 122 valence electrons. The largest absolute Gasteiger partial charge is 0.501 e. The number of hydrogen-bond donors (Lipinski definition) is 1. The Labute approximate surface area is 131 Å². The predicted octanol–water partition coefficient (Wildman–Crippen LogP) is 3.70. The van der Waals surface area contributed by atoms with Gasteiger partial charge in [0.05, 0.1) is 12.9 Å². The maximum absolute atomic E-state index is 5.63. The maximum atomic E-state index is 5.63. The van der Waals surface area contributed by atoms with Crippen LogP contribution in [0.1, 0.15) is 65.7 Å². The van der Waals surface area contributed by atoms with Crippen LogP contribution in [0.4, 0.5) is 0 Å². The first-order chi connectivity index (χ1) is 10.2. The van der Waals surface area contributed by atoms with Crippen LogP contribution >= 0.6 is 0 Å². The summed E-state index contributed by atoms with van der Waals surface area (Å²) in [5, 5.41) is 3.81. The number of hydrogen-bond acceptors (Lipinski definition) is 3. The fourth-order valence-electron chi connectivity index (χ4n) is 3.75. The Morgan fingerprint density at radius 1 is 1.19 bits per heavy atom. The molecule has 1 fully saturated rings. The molecule has 0 aromatic heterocycles. The Kier molecular flexibility index (Phi) is 6.56. The summed E-state index contributed by atoms with van der Waals surface area (Å²) < 4.78 is 5.63. The Morgan fingerprint density at radius 2 is 1.90 bits per heavy atom. The molecule has 2 aliphatic heterocycles. The van der Waals surface area contributed by atoms with Crippen LogP contribution in [0.2, 0.25) is 0 Å². The summed E-state index contributed by atoms with van der Waals surface area (Å²) in [5.41, 5.74) is 1.62. The van der Waals surface area contributed by atoms with Crippen molar-refractivity contribution < 1.29 is 4.74 Å². The minimum Gasteiger partial charge on any atom is -0.501 e. The van der Waals surface area contributed by atoms with Crippen molar-refractivity contribution in [2.75, 3.05) is 26.2 Å². The van der Waals surface area contributed by atoms with Gasteiger partial charge < -0.3 is 10.1 Å². The topological polar surface area (TPSA) is 24.5 Å². The second-order valence-corrected chi connectivity index (χ2v) is 7.11. The first kappa shape index (κ1) is 16.8. The van der Waals surface area contributed by atoms with Gasteiger partial charge in [-0.1, -0.05) is 19.8 Å². The molecule has 0 aromatic rings. The standard InChI is InChI=1S/C18H34N2O/c1-4-11-19-17(16-10-9-14-21-15-16)18(2,3)20-12-7-5-6-8-13-20/h15,17,19H,4-14H2,1-3H3. The highest BCUT2D eigenvalue weighted by Gasteiger charge is 2.37. The Morgan fingerprint density at radius 3 is 2.48 bits per heavy atom. The number of likely N-dealkylation sites (tertiary alicyclic amines) is 1. The molecule has 0 bridgehead atoms. The van der Waals surface area contributed by atoms with E-state index in [2.05, 4.69) is 31.0 Å². The van der Waals surface area contributed by atoms with Gasteiger partial charge in [0.1, 0.15) is 0 Å². The normalized spacial score (nSPS) is 23.1. The molecule has 0 spiro atoms. The van der Waals surface area contributed by atoms with Crippen molar-refractivity contribution in [2.45, 2.75) is 77.3 Å². The fraction of sp³-hybridized carbons (Fsp3) is 0.889. The van der Waals surface area contributed by atoms with Crippen LogP contribution < -0.4 is 5.32 Å². The van der Waals surface area contributed by atoms with Crippen LogP contribution in [0.25, 0.3) is 0 Å². The summed E-state index contributed by atoms with van der Waals surface area (Å²) in [6, 6.07) is 0.413. The van der Waals surface area contributed by atoms with Crippen LogP contribution in [0.5, 0.6) is 0 Å². The monoisotopic (exact) mass is 294 g/mol. The molecule has 2 aliphatic rings. The lowest BCUT2D eigenvalue weighted by molar-refractivity contribution is 0.0896. The average Bonchev–Trinajstić information content (AvgIpc) is 2.78. The zero-order valence-corrected chi connectivity index (χ0v) is 14.3. The van der Waals surface area contributed by atoms with Crippen molar-refractivity contribution in [2.24, 2.45) is 0 Å². The smallest absolute Gasteiger partial charge is 0.0876 e. The molecule has 1 saturated heterocycles. The van der Waals surface area contributed by atoms with Crippen molar-refractivity contribution in [3.05, 3.63) is 11.8 Å². The highest BCUT2D eigenvalue weighted by atomic mass is 16.5. The molecule has 0 amide bonds. The van der Waals surface area contributed by atoms with Crippen LogP contribution in [-0.4, -0.2) is 42.7 Å². The summed E-state index contributed by atoms with van der Waals surface area (Å²) in [5.74, 6) is 0. The third-order valence-corrected chi connectivity index (χ3v) is 5.06. The van der Waals surface area contributed by atoms with E-state index >= 15 is 0 Å². The van der Waals surface area contributed by atoms with Gasteiger partial charge in [-0.15, -0.1) is 0 Å². The first-order valence-corrected chi connectivity index (χ1v) is 8.95. The van der Waals surface area contributed by atoms with Crippen molar-refractivity contribution >= 4 is 0 Å². The van der Waals surface area contributed by atoms with Crippen molar-refractivity contribution in [3.8, 4) is 0 Å². The third kappa shape index (κ3) is 4.46. The van der Waals surface area contributed by atoms with Crippen LogP contribution in [-0.2, 0) is 4.74 Å². The van der Waals surface area contributed by atoms with E-state index in [1.165, 1.54) is 57.2 Å². The molecule has 1 unspecified atom stereocenters. The maximum Gasteiger partial charge on any atom is 0.0876 e. The van der Waals surface area contributed by atoms with E-state index in [0.717, 1.165) is 19.6 Å². The number of nitrogens with zero attached hydrogens (tertiary/aromatic N) is 1. The van der Waals surface area contributed by atoms with Gasteiger partial charge in [0.25, 0.3) is 0 Å². The van der Waals surface area contributed by atoms with Gasteiger partial charge in [-0.3, -0.25) is 4.90 Å². The Balaban J connectivity index is 2.13. The van der Waals surface area contributed by atoms with Gasteiger partial charge in [0, 0.05) is 11.6 Å². The lowest BCUT2D eigenvalue weighted by Crippen LogP contribution is -2.59. The van der Waals surface area contributed by atoms with E-state index in [1.54, 1.807) is 0 Å². The van der Waals surface area contributed by atoms with Crippen molar-refractivity contribution in [1.82, 2.24) is 10.2 Å². The van der Waals surface area contributed by atoms with E-state index < -0.39 is 0 Å². The second kappa shape index (κ2) is 8.19. The van der Waals surface area contributed by atoms with Crippen LogP contribution in [0, 0.1) is 0 Å². The average molecular weight is 294 g/mol. The predicted molar refractivity (Wildman–Crippen MR) is 89.5 cm³/mol. The van der Waals surface area contributed by atoms with Crippen molar-refractivity contribution in [1.29, 1.82) is 0 Å². The van der Waals surface area contributed by atoms with E-state index in [1.807, 2.05) is 6.26 Å². The SMILES string of the molecule is CCCNC(C1=COCCC1)C(C)(C)N1CCCCCC1. The molecule has 3 heteroatoms. The molecule has 0 aliphatic carbocycles. The number of nitrogens with one attached hydrogen (secondary N) is 1. The first-order valence-electron chi connectivity index (χ1n) is 8.95. The molecule has 0 aromatic carbocycles. The van der Waals surface area contributed by atoms with Gasteiger partial charge in [-0.05, 0) is 71.2 Å². The van der Waals surface area contributed by atoms with Gasteiger partial charge in [0.15, 0.2) is 0 Å². The molecule has 21 heavy (non-hydrogen) atoms. The van der Waals surface area contributed by atoms with Gasteiger partial charge in [0.2, 0.25) is 0 Å². The molecule has 0 radical (unpaired) electrons. The zero-order valence-electron chi connectivity index (χ0n) is 14.3. The van der Waals surface area contributed by atoms with Crippen molar-refractivity contribution in [3.63, 3.8) is 0 Å². The Hall–Kier alpha value is -0.540. The number of ether oxygens (including phenoxy) is 1. The molecule has 1 N–H and O–H groups in total. The molecule has 0 saturated carbocycles. The summed E-state index contributed by atoms with van der Waals surface area (Å²) >= 11 is 0. The van der Waals surface area contributed by atoms with E-state index in [4.69, 9.17) is 4.74 Å². The lowest BCUT2D eigenvalue weighted by atomic mass is 9.84. The quantitative estimate of drug-likeness (QED) is 0.808. The summed E-state index contributed by atoms with van der Waals surface area (Å²) in [7, 11) is 0. The van der Waals surface area contributed by atoms with Crippen LogP contribution in [0.3, 0.4) is 0 Å². The fourth-order valence-corrected chi connectivity index (χ4v) is 3.75. The Bertz CT molecular complexity index is 330. The number of rotatable bonds is 6. The minimum atomic E-state index is 0.159. The minimum absolute atomic E-state index is 0.159. The molecule has 1 atom stereocenters. The molecule has 2 rings (SSSR count). The molecular weight excluding hydrogens is 260 g/mol. The summed E-state index contributed by atoms with van der Waals surface area (Å²) in [4.78, 5) is 2.71. The zero-order chi connectivity index (χ0) is 15.1. The van der Waals surface area contributed by atoms with Gasteiger partial charge in [-0.2, -0.15) is 0 Å².